The molecule has 2 rings (SSSR count). The van der Waals surface area contributed by atoms with Crippen LogP contribution in [-0.4, -0.2) is 33.7 Å². The summed E-state index contributed by atoms with van der Waals surface area (Å²) in [6.45, 7) is 1.31. The lowest BCUT2D eigenvalue weighted by Crippen LogP contribution is -2.75. The molecule has 0 amide bonds. The molecule has 0 saturated carbocycles. The average Bonchev–Trinajstić information content (AvgIpc) is 2.57. The summed E-state index contributed by atoms with van der Waals surface area (Å²) in [4.78, 5) is 23.2. The second-order valence-electron chi connectivity index (χ2n) is 6.62. The smallest absolute Gasteiger partial charge is 0.277 e. The highest BCUT2D eigenvalue weighted by molar-refractivity contribution is 6.68. The van der Waals surface area contributed by atoms with Crippen LogP contribution in [0.2, 0.25) is 0 Å². The number of hydrogen-bond donors (Lipinski definition) is 0. The number of carbonyl (C=O) groups excluding carboxylic acids is 2. The molecule has 1 aliphatic carbocycles. The number of rotatable bonds is 4. The third kappa shape index (κ3) is 2.63. The van der Waals surface area contributed by atoms with Gasteiger partial charge in [-0.05, 0) is 47.0 Å². The maximum atomic E-state index is 15.9. The van der Waals surface area contributed by atoms with Crippen molar-refractivity contribution in [3.63, 3.8) is 0 Å². The van der Waals surface area contributed by atoms with E-state index in [4.69, 9.17) is 23.2 Å². The van der Waals surface area contributed by atoms with Crippen molar-refractivity contribution in [3.8, 4) is 0 Å². The SMILES string of the molecule is CC(C)(c1ccccc1C(=O)Cl)C1(F)C(F)(C(=O)Cl)C=CC(F)(F)C1(F)F. The van der Waals surface area contributed by atoms with Crippen LogP contribution in [0.1, 0.15) is 29.8 Å². The Morgan fingerprint density at radius 3 is 1.93 bits per heavy atom. The zero-order valence-electron chi connectivity index (χ0n) is 13.8. The molecule has 1 aromatic carbocycles. The lowest BCUT2D eigenvalue weighted by atomic mass is 9.58. The lowest BCUT2D eigenvalue weighted by Gasteiger charge is -2.53. The molecule has 0 saturated heterocycles. The van der Waals surface area contributed by atoms with E-state index in [-0.39, 0.29) is 6.08 Å². The molecule has 1 aromatic rings. The molecular formula is C17H12Cl2F6O2. The molecule has 0 heterocycles. The van der Waals surface area contributed by atoms with Crippen LogP contribution in [0.15, 0.2) is 36.4 Å². The lowest BCUT2D eigenvalue weighted by molar-refractivity contribution is -0.297. The van der Waals surface area contributed by atoms with Crippen molar-refractivity contribution in [3.05, 3.63) is 47.5 Å². The first-order valence-electron chi connectivity index (χ1n) is 7.41. The molecule has 2 nitrogen and oxygen atoms in total. The van der Waals surface area contributed by atoms with Crippen LogP contribution in [0, 0.1) is 0 Å². The molecular weight excluding hydrogens is 421 g/mol. The third-order valence-corrected chi connectivity index (χ3v) is 5.31. The fraction of sp³-hybridized carbons (Fsp3) is 0.412. The Kier molecular flexibility index (Phi) is 5.03. The zero-order chi connectivity index (χ0) is 21.1. The van der Waals surface area contributed by atoms with Crippen molar-refractivity contribution in [1.82, 2.24) is 0 Å². The first-order chi connectivity index (χ1) is 12.1. The first kappa shape index (κ1) is 21.8. The molecule has 0 N–H and O–H groups in total. The number of hydrogen-bond acceptors (Lipinski definition) is 2. The van der Waals surface area contributed by atoms with Gasteiger partial charge in [0.25, 0.3) is 10.5 Å². The van der Waals surface area contributed by atoms with Crippen LogP contribution in [-0.2, 0) is 10.2 Å². The summed E-state index contributed by atoms with van der Waals surface area (Å²) in [6, 6.07) is 4.40. The van der Waals surface area contributed by atoms with Gasteiger partial charge < -0.3 is 0 Å². The summed E-state index contributed by atoms with van der Waals surface area (Å²) in [5.74, 6) is -10.8. The normalized spacial score (nSPS) is 29.4. The summed E-state index contributed by atoms with van der Waals surface area (Å²) < 4.78 is 88.3. The minimum absolute atomic E-state index is 0.313. The maximum absolute atomic E-state index is 15.9. The third-order valence-electron chi connectivity index (χ3n) is 4.83. The standard InChI is InChI=1S/C17H12Cl2F6O2/c1-13(2,10-6-4-3-5-9(10)11(18)26)16(23)14(20,12(19)27)7-8-15(21,22)17(16,24)25/h3-8H,1-2H3. The van der Waals surface area contributed by atoms with Crippen LogP contribution in [0.5, 0.6) is 0 Å². The second-order valence-corrected chi connectivity index (χ2v) is 7.31. The zero-order valence-corrected chi connectivity index (χ0v) is 15.3. The van der Waals surface area contributed by atoms with E-state index in [1.807, 2.05) is 0 Å². The van der Waals surface area contributed by atoms with Crippen molar-refractivity contribution >= 4 is 33.7 Å². The fourth-order valence-corrected chi connectivity index (χ4v) is 3.69. The average molecular weight is 433 g/mol. The van der Waals surface area contributed by atoms with E-state index in [1.54, 1.807) is 0 Å². The quantitative estimate of drug-likeness (QED) is 0.364. The van der Waals surface area contributed by atoms with Crippen LogP contribution in [0.4, 0.5) is 26.3 Å². The molecule has 0 radical (unpaired) electrons. The van der Waals surface area contributed by atoms with E-state index >= 15 is 8.78 Å². The number of halogens is 8. The first-order valence-corrected chi connectivity index (χ1v) is 8.16. The van der Waals surface area contributed by atoms with Gasteiger partial charge in [0.05, 0.1) is 0 Å². The Bertz CT molecular complexity index is 838. The van der Waals surface area contributed by atoms with Crippen molar-refractivity contribution in [2.75, 3.05) is 0 Å². The highest BCUT2D eigenvalue weighted by Crippen LogP contribution is 2.63. The van der Waals surface area contributed by atoms with Crippen LogP contribution in [0.25, 0.3) is 0 Å². The Labute approximate surface area is 160 Å². The van der Waals surface area contributed by atoms with Crippen LogP contribution < -0.4 is 0 Å². The monoisotopic (exact) mass is 432 g/mol. The van der Waals surface area contributed by atoms with Gasteiger partial charge in [-0.2, -0.15) is 17.6 Å². The molecule has 0 fully saturated rings. The molecule has 148 valence electrons. The van der Waals surface area contributed by atoms with Gasteiger partial charge in [-0.3, -0.25) is 9.59 Å². The summed E-state index contributed by atoms with van der Waals surface area (Å²) >= 11 is 10.4. The minimum atomic E-state index is -5.71. The molecule has 10 heteroatoms. The Morgan fingerprint density at radius 2 is 1.44 bits per heavy atom. The van der Waals surface area contributed by atoms with Crippen molar-refractivity contribution in [2.24, 2.45) is 0 Å². The van der Waals surface area contributed by atoms with Gasteiger partial charge in [0.2, 0.25) is 11.3 Å². The summed E-state index contributed by atoms with van der Waals surface area (Å²) in [5.41, 5.74) is -13.2. The van der Waals surface area contributed by atoms with E-state index in [1.165, 1.54) is 12.1 Å². The van der Waals surface area contributed by atoms with Crippen molar-refractivity contribution < 1.29 is 35.9 Å². The van der Waals surface area contributed by atoms with Gasteiger partial charge >= 0.3 is 11.8 Å². The predicted molar refractivity (Wildman–Crippen MR) is 87.2 cm³/mol. The summed E-state index contributed by atoms with van der Waals surface area (Å²) in [7, 11) is 0. The Morgan fingerprint density at radius 1 is 0.926 bits per heavy atom. The van der Waals surface area contributed by atoms with E-state index in [0.29, 0.717) is 13.8 Å². The fourth-order valence-electron chi connectivity index (χ4n) is 3.33. The van der Waals surface area contributed by atoms with E-state index in [2.05, 4.69) is 0 Å². The number of carbonyl (C=O) groups is 2. The predicted octanol–water partition coefficient (Wildman–Crippen LogP) is 5.37. The molecule has 0 aliphatic heterocycles. The van der Waals surface area contributed by atoms with Gasteiger partial charge in [-0.1, -0.05) is 32.0 Å². The van der Waals surface area contributed by atoms with E-state index in [0.717, 1.165) is 12.1 Å². The van der Waals surface area contributed by atoms with Gasteiger partial charge in [-0.25, -0.2) is 8.78 Å². The highest BCUT2D eigenvalue weighted by Gasteiger charge is 2.84. The molecule has 1 aliphatic rings. The molecule has 0 spiro atoms. The van der Waals surface area contributed by atoms with Gasteiger partial charge in [-0.15, -0.1) is 0 Å². The molecule has 0 aromatic heterocycles. The largest absolute Gasteiger partial charge is 0.351 e. The van der Waals surface area contributed by atoms with E-state index < -0.39 is 56.3 Å². The maximum Gasteiger partial charge on any atom is 0.351 e. The Hall–Kier alpha value is -1.54. The molecule has 2 unspecified atom stereocenters. The Balaban J connectivity index is 2.95. The van der Waals surface area contributed by atoms with Gasteiger partial charge in [0.1, 0.15) is 0 Å². The minimum Gasteiger partial charge on any atom is -0.277 e. The number of benzene rings is 1. The van der Waals surface area contributed by atoms with Crippen LogP contribution in [0.3, 0.4) is 0 Å². The molecule has 2 atom stereocenters. The van der Waals surface area contributed by atoms with Crippen molar-refractivity contribution in [1.29, 1.82) is 0 Å². The van der Waals surface area contributed by atoms with Crippen LogP contribution >= 0.6 is 23.2 Å². The second kappa shape index (κ2) is 6.24. The van der Waals surface area contributed by atoms with Gasteiger partial charge in [0, 0.05) is 11.0 Å². The highest BCUT2D eigenvalue weighted by atomic mass is 35.5. The summed E-state index contributed by atoms with van der Waals surface area (Å²) in [5, 5.41) is -3.47. The number of alkyl halides is 6. The molecule has 0 bridgehead atoms. The van der Waals surface area contributed by atoms with Crippen molar-refractivity contribution in [2.45, 2.75) is 42.4 Å². The van der Waals surface area contributed by atoms with E-state index in [9.17, 15) is 27.2 Å². The summed E-state index contributed by atoms with van der Waals surface area (Å²) in [6.07, 6.45) is -0.910. The van der Waals surface area contributed by atoms with Gasteiger partial charge in [0.15, 0.2) is 0 Å². The molecule has 27 heavy (non-hydrogen) atoms. The number of allylic oxidation sites excluding steroid dienone is 2. The topological polar surface area (TPSA) is 34.1 Å².